The summed E-state index contributed by atoms with van der Waals surface area (Å²) < 4.78 is 3.18. The van der Waals surface area contributed by atoms with E-state index < -0.39 is 5.97 Å². The van der Waals surface area contributed by atoms with Crippen molar-refractivity contribution in [2.75, 3.05) is 26.2 Å². The number of carbonyl (C=O) groups excluding carboxylic acids is 1. The summed E-state index contributed by atoms with van der Waals surface area (Å²) in [5.74, 6) is -0.469. The summed E-state index contributed by atoms with van der Waals surface area (Å²) in [4.78, 5) is 38.8. The third kappa shape index (κ3) is 6.21. The predicted molar refractivity (Wildman–Crippen MR) is 199 cm³/mol. The van der Waals surface area contributed by atoms with Gasteiger partial charge >= 0.3 is 5.97 Å². The smallest absolute Gasteiger partial charge is 0.345 e. The number of benzene rings is 1. The SMILES string of the molecule is CCN(CC)C1CCN(C(=O)Cn2c(-c3ccc4nc(-c5cc(C)sc5C)ccc4c3)c(C3CCCCC3)c3sc(C(=O)O)cc32)CC1. The van der Waals surface area contributed by atoms with Crippen LogP contribution in [0.3, 0.4) is 0 Å². The number of carbonyl (C=O) groups is 2. The lowest BCUT2D eigenvalue weighted by Gasteiger charge is -2.37. The van der Waals surface area contributed by atoms with Crippen LogP contribution in [0.25, 0.3) is 43.6 Å². The number of hydrogen-bond acceptors (Lipinski definition) is 6. The Hall–Kier alpha value is -3.53. The molecule has 2 fully saturated rings. The molecule has 0 bridgehead atoms. The first-order valence-corrected chi connectivity index (χ1v) is 19.3. The van der Waals surface area contributed by atoms with Gasteiger partial charge in [0.1, 0.15) is 11.4 Å². The van der Waals surface area contributed by atoms with Crippen molar-refractivity contribution >= 4 is 55.7 Å². The highest BCUT2D eigenvalue weighted by molar-refractivity contribution is 7.21. The molecule has 1 saturated carbocycles. The third-order valence-corrected chi connectivity index (χ3v) is 12.8. The molecule has 48 heavy (non-hydrogen) atoms. The molecular formula is C39H46N4O3S2. The van der Waals surface area contributed by atoms with Crippen LogP contribution in [0.5, 0.6) is 0 Å². The minimum atomic E-state index is -0.910. The van der Waals surface area contributed by atoms with Gasteiger partial charge in [-0.3, -0.25) is 4.79 Å². The summed E-state index contributed by atoms with van der Waals surface area (Å²) >= 11 is 3.17. The number of nitrogens with zero attached hydrogens (tertiary/aromatic N) is 4. The number of aromatic nitrogens is 2. The van der Waals surface area contributed by atoms with Gasteiger partial charge in [-0.2, -0.15) is 0 Å². The van der Waals surface area contributed by atoms with Crippen molar-refractivity contribution in [1.29, 1.82) is 0 Å². The van der Waals surface area contributed by atoms with Gasteiger partial charge in [0, 0.05) is 39.8 Å². The van der Waals surface area contributed by atoms with E-state index in [9.17, 15) is 14.7 Å². The molecule has 5 aromatic rings. The summed E-state index contributed by atoms with van der Waals surface area (Å²) in [5.41, 5.74) is 7.35. The highest BCUT2D eigenvalue weighted by Gasteiger charge is 2.32. The van der Waals surface area contributed by atoms with E-state index in [1.165, 1.54) is 51.5 Å². The third-order valence-electron chi connectivity index (χ3n) is 10.7. The number of likely N-dealkylation sites (tertiary alicyclic amines) is 1. The van der Waals surface area contributed by atoms with Gasteiger partial charge in [-0.1, -0.05) is 45.2 Å². The second-order valence-electron chi connectivity index (χ2n) is 13.6. The van der Waals surface area contributed by atoms with Crippen molar-refractivity contribution in [3.8, 4) is 22.5 Å². The van der Waals surface area contributed by atoms with E-state index in [0.29, 0.717) is 16.8 Å². The summed E-state index contributed by atoms with van der Waals surface area (Å²) in [7, 11) is 0. The maximum atomic E-state index is 14.1. The molecule has 9 heteroatoms. The van der Waals surface area contributed by atoms with E-state index in [-0.39, 0.29) is 12.5 Å². The fourth-order valence-electron chi connectivity index (χ4n) is 8.26. The summed E-state index contributed by atoms with van der Waals surface area (Å²) in [5, 5.41) is 11.1. The van der Waals surface area contributed by atoms with Crippen LogP contribution in [0.4, 0.5) is 0 Å². The van der Waals surface area contributed by atoms with Gasteiger partial charge in [0.15, 0.2) is 0 Å². The number of pyridine rings is 1. The number of carboxylic acid groups (broad SMARTS) is 1. The van der Waals surface area contributed by atoms with Crippen LogP contribution in [0, 0.1) is 13.8 Å². The van der Waals surface area contributed by atoms with Crippen molar-refractivity contribution in [3.63, 3.8) is 0 Å². The minimum absolute atomic E-state index is 0.109. The molecule has 1 aliphatic carbocycles. The number of amides is 1. The highest BCUT2D eigenvalue weighted by Crippen LogP contribution is 2.47. The van der Waals surface area contributed by atoms with E-state index in [4.69, 9.17) is 4.98 Å². The molecule has 7 nitrogen and oxygen atoms in total. The number of aromatic carboxylic acids is 1. The predicted octanol–water partition coefficient (Wildman–Crippen LogP) is 9.34. The Labute approximate surface area is 291 Å². The van der Waals surface area contributed by atoms with E-state index >= 15 is 0 Å². The van der Waals surface area contributed by atoms with Crippen molar-refractivity contribution in [1.82, 2.24) is 19.4 Å². The summed E-state index contributed by atoms with van der Waals surface area (Å²) in [6, 6.07) is 15.3. The molecular weight excluding hydrogens is 637 g/mol. The zero-order valence-corrected chi connectivity index (χ0v) is 30.2. The molecule has 0 radical (unpaired) electrons. The molecule has 2 aliphatic rings. The first kappa shape index (κ1) is 33.0. The number of piperidine rings is 1. The second-order valence-corrected chi connectivity index (χ2v) is 16.1. The summed E-state index contributed by atoms with van der Waals surface area (Å²) in [6.07, 6.45) is 7.70. The largest absolute Gasteiger partial charge is 0.477 e. The van der Waals surface area contributed by atoms with Crippen molar-refractivity contribution in [2.24, 2.45) is 0 Å². The number of carboxylic acids is 1. The molecule has 1 saturated heterocycles. The Balaban J connectivity index is 1.31. The molecule has 1 aromatic carbocycles. The van der Waals surface area contributed by atoms with Crippen LogP contribution in [0.1, 0.15) is 89.7 Å². The monoisotopic (exact) mass is 682 g/mol. The van der Waals surface area contributed by atoms with Crippen molar-refractivity contribution in [2.45, 2.75) is 91.1 Å². The standard InChI is InChI=1S/C39H46N4O3S2/c1-5-41(6-2)29-16-18-42(19-17-29)35(44)23-43-33-22-34(39(45)46)48-38(33)36(26-10-8-7-9-11-26)37(43)28-13-14-31-27(21-28)12-15-32(40-31)30-20-24(3)47-25(30)4/h12-15,20-22,26,29H,5-11,16-19,23H2,1-4H3,(H,45,46). The number of rotatable bonds is 9. The summed E-state index contributed by atoms with van der Waals surface area (Å²) in [6.45, 7) is 12.5. The maximum Gasteiger partial charge on any atom is 0.345 e. The van der Waals surface area contributed by atoms with E-state index in [0.717, 1.165) is 89.9 Å². The Morgan fingerprint density at radius 2 is 1.69 bits per heavy atom. The molecule has 5 heterocycles. The van der Waals surface area contributed by atoms with Gasteiger partial charge in [0.25, 0.3) is 0 Å². The van der Waals surface area contributed by atoms with Gasteiger partial charge < -0.3 is 19.5 Å². The van der Waals surface area contributed by atoms with Crippen LogP contribution in [-0.4, -0.2) is 68.6 Å². The zero-order chi connectivity index (χ0) is 33.5. The van der Waals surface area contributed by atoms with Crippen LogP contribution in [-0.2, 0) is 11.3 Å². The Bertz CT molecular complexity index is 1970. The quantitative estimate of drug-likeness (QED) is 0.168. The lowest BCUT2D eigenvalue weighted by Crippen LogP contribution is -2.47. The van der Waals surface area contributed by atoms with Gasteiger partial charge in [-0.15, -0.1) is 22.7 Å². The van der Waals surface area contributed by atoms with E-state index in [2.05, 4.69) is 73.6 Å². The van der Waals surface area contributed by atoms with Crippen LogP contribution in [0.15, 0.2) is 42.5 Å². The number of fused-ring (bicyclic) bond motifs is 2. The lowest BCUT2D eigenvalue weighted by molar-refractivity contribution is -0.133. The van der Waals surface area contributed by atoms with Crippen molar-refractivity contribution in [3.05, 3.63) is 62.7 Å². The molecule has 1 aliphatic heterocycles. The van der Waals surface area contributed by atoms with E-state index in [1.54, 1.807) is 17.4 Å². The molecule has 4 aromatic heterocycles. The Kier molecular flexibility index (Phi) is 9.46. The average Bonchev–Trinajstić information content (AvgIpc) is 3.77. The first-order valence-electron chi connectivity index (χ1n) is 17.6. The number of hydrogen-bond donors (Lipinski definition) is 1. The fourth-order valence-corrected chi connectivity index (χ4v) is 10.3. The molecule has 1 amide bonds. The molecule has 7 rings (SSSR count). The first-order chi connectivity index (χ1) is 23.2. The highest BCUT2D eigenvalue weighted by atomic mass is 32.1. The Morgan fingerprint density at radius 3 is 2.35 bits per heavy atom. The van der Waals surface area contributed by atoms with Gasteiger partial charge in [0.05, 0.1) is 27.1 Å². The average molecular weight is 683 g/mol. The molecule has 0 unspecified atom stereocenters. The van der Waals surface area contributed by atoms with E-state index in [1.807, 2.05) is 4.90 Å². The second kappa shape index (κ2) is 13.8. The molecule has 252 valence electrons. The van der Waals surface area contributed by atoms with Gasteiger partial charge in [-0.25, -0.2) is 9.78 Å². The van der Waals surface area contributed by atoms with Gasteiger partial charge in [0.2, 0.25) is 5.91 Å². The van der Waals surface area contributed by atoms with Gasteiger partial charge in [-0.05, 0) is 100.0 Å². The number of thiophene rings is 2. The van der Waals surface area contributed by atoms with Crippen LogP contribution < -0.4 is 0 Å². The zero-order valence-electron chi connectivity index (χ0n) is 28.6. The maximum absolute atomic E-state index is 14.1. The van der Waals surface area contributed by atoms with Crippen LogP contribution in [0.2, 0.25) is 0 Å². The normalized spacial score (nSPS) is 16.5. The topological polar surface area (TPSA) is 78.7 Å². The molecule has 0 spiro atoms. The fraction of sp³-hybridized carbons (Fsp3) is 0.462. The molecule has 1 N–H and O–H groups in total. The number of aryl methyl sites for hydroxylation is 2. The van der Waals surface area contributed by atoms with Crippen LogP contribution >= 0.6 is 22.7 Å². The minimum Gasteiger partial charge on any atom is -0.477 e. The molecule has 0 atom stereocenters. The lowest BCUT2D eigenvalue weighted by atomic mass is 9.83. The van der Waals surface area contributed by atoms with Crippen molar-refractivity contribution < 1.29 is 14.7 Å². The Morgan fingerprint density at radius 1 is 0.938 bits per heavy atom.